The fourth-order valence-corrected chi connectivity index (χ4v) is 3.95. The molecular weight excluding hydrogens is 280 g/mol. The zero-order chi connectivity index (χ0) is 13.3. The van der Waals surface area contributed by atoms with Crippen LogP contribution in [-0.2, 0) is 10.0 Å². The van der Waals surface area contributed by atoms with Gasteiger partial charge in [-0.2, -0.15) is 8.42 Å². The first kappa shape index (κ1) is 12.1. The molecule has 0 bridgehead atoms. The van der Waals surface area contributed by atoms with Gasteiger partial charge in [0.2, 0.25) is 4.34 Å². The van der Waals surface area contributed by atoms with Crippen molar-refractivity contribution in [3.05, 3.63) is 54.6 Å². The van der Waals surface area contributed by atoms with E-state index >= 15 is 0 Å². The van der Waals surface area contributed by atoms with Gasteiger partial charge in [0.1, 0.15) is 0 Å². The number of aromatic nitrogens is 1. The van der Waals surface area contributed by atoms with Gasteiger partial charge in [0.15, 0.2) is 0 Å². The minimum atomic E-state index is -3.62. The molecule has 1 N–H and O–H groups in total. The van der Waals surface area contributed by atoms with Crippen LogP contribution in [-0.4, -0.2) is 13.4 Å². The van der Waals surface area contributed by atoms with Crippen LogP contribution in [0.2, 0.25) is 0 Å². The van der Waals surface area contributed by atoms with Crippen molar-refractivity contribution in [2.75, 3.05) is 4.72 Å². The summed E-state index contributed by atoms with van der Waals surface area (Å²) in [6.07, 6.45) is 0. The van der Waals surface area contributed by atoms with Crippen molar-refractivity contribution in [3.63, 3.8) is 0 Å². The van der Waals surface area contributed by atoms with Crippen LogP contribution in [0.5, 0.6) is 0 Å². The number of benzene rings is 2. The molecule has 1 heterocycles. The minimum absolute atomic E-state index is 0.0811. The molecule has 0 unspecified atom stereocenters. The maximum Gasteiger partial charge on any atom is 0.289 e. The number of nitrogens with zero attached hydrogens (tertiary/aromatic N) is 1. The molecule has 0 atom stereocenters. The van der Waals surface area contributed by atoms with E-state index in [1.807, 2.05) is 24.3 Å². The van der Waals surface area contributed by atoms with E-state index in [9.17, 15) is 8.42 Å². The molecule has 19 heavy (non-hydrogen) atoms. The van der Waals surface area contributed by atoms with Crippen LogP contribution in [0.15, 0.2) is 58.9 Å². The van der Waals surface area contributed by atoms with Crippen LogP contribution in [0.3, 0.4) is 0 Å². The third-order valence-electron chi connectivity index (χ3n) is 2.53. The maximum atomic E-state index is 12.2. The molecule has 4 nitrogen and oxygen atoms in total. The smallest absolute Gasteiger partial charge is 0.278 e. The minimum Gasteiger partial charge on any atom is -0.278 e. The fourth-order valence-electron chi connectivity index (χ4n) is 1.67. The van der Waals surface area contributed by atoms with E-state index in [4.69, 9.17) is 0 Å². The van der Waals surface area contributed by atoms with Gasteiger partial charge in [-0.1, -0.05) is 30.3 Å². The molecule has 6 heteroatoms. The predicted molar refractivity (Wildman–Crippen MR) is 76.9 cm³/mol. The summed E-state index contributed by atoms with van der Waals surface area (Å²) in [7, 11) is -3.62. The lowest BCUT2D eigenvalue weighted by molar-refractivity contribution is 0.600. The second kappa shape index (κ2) is 4.64. The number of para-hydroxylation sites is 2. The first-order valence-corrected chi connectivity index (χ1v) is 7.88. The van der Waals surface area contributed by atoms with Crippen molar-refractivity contribution < 1.29 is 8.42 Å². The van der Waals surface area contributed by atoms with Crippen LogP contribution in [0.25, 0.3) is 10.2 Å². The zero-order valence-corrected chi connectivity index (χ0v) is 11.4. The average molecular weight is 290 g/mol. The first-order valence-electron chi connectivity index (χ1n) is 5.59. The highest BCUT2D eigenvalue weighted by Crippen LogP contribution is 2.26. The summed E-state index contributed by atoms with van der Waals surface area (Å²) in [4.78, 5) is 4.15. The number of hydrogen-bond donors (Lipinski definition) is 1. The second-order valence-electron chi connectivity index (χ2n) is 3.92. The summed E-state index contributed by atoms with van der Waals surface area (Å²) in [6, 6.07) is 16.1. The Balaban J connectivity index is 2.00. The molecule has 0 aliphatic heterocycles. The lowest BCUT2D eigenvalue weighted by Gasteiger charge is -2.04. The van der Waals surface area contributed by atoms with Crippen LogP contribution in [0.4, 0.5) is 5.69 Å². The number of sulfonamides is 1. The standard InChI is InChI=1S/C13H10N2O2S2/c16-19(17,15-10-6-2-1-3-7-10)13-14-11-8-4-5-9-12(11)18-13/h1-9,15H. The molecule has 0 fully saturated rings. The summed E-state index contributed by atoms with van der Waals surface area (Å²) in [5, 5.41) is 0. The van der Waals surface area contributed by atoms with Gasteiger partial charge < -0.3 is 0 Å². The van der Waals surface area contributed by atoms with Gasteiger partial charge in [-0.3, -0.25) is 4.72 Å². The Labute approximate surface area is 114 Å². The molecule has 3 rings (SSSR count). The van der Waals surface area contributed by atoms with Crippen molar-refractivity contribution in [3.8, 4) is 0 Å². The van der Waals surface area contributed by atoms with E-state index in [-0.39, 0.29) is 4.34 Å². The van der Waals surface area contributed by atoms with Crippen LogP contribution >= 0.6 is 11.3 Å². The number of anilines is 1. The summed E-state index contributed by atoms with van der Waals surface area (Å²) < 4.78 is 27.9. The summed E-state index contributed by atoms with van der Waals surface area (Å²) in [5.74, 6) is 0. The molecule has 2 aromatic carbocycles. The number of fused-ring (bicyclic) bond motifs is 1. The third kappa shape index (κ3) is 2.45. The maximum absolute atomic E-state index is 12.2. The lowest BCUT2D eigenvalue weighted by atomic mass is 10.3. The van der Waals surface area contributed by atoms with Gasteiger partial charge in [-0.15, -0.1) is 11.3 Å². The van der Waals surface area contributed by atoms with E-state index in [2.05, 4.69) is 9.71 Å². The fraction of sp³-hybridized carbons (Fsp3) is 0. The Kier molecular flexibility index (Phi) is 2.96. The van der Waals surface area contributed by atoms with Crippen LogP contribution in [0.1, 0.15) is 0 Å². The monoisotopic (exact) mass is 290 g/mol. The van der Waals surface area contributed by atoms with Gasteiger partial charge >= 0.3 is 0 Å². The normalized spacial score (nSPS) is 11.6. The average Bonchev–Trinajstić information content (AvgIpc) is 2.84. The van der Waals surface area contributed by atoms with Crippen LogP contribution in [0, 0.1) is 0 Å². The van der Waals surface area contributed by atoms with Crippen molar-refractivity contribution in [2.45, 2.75) is 4.34 Å². The molecule has 96 valence electrons. The van der Waals surface area contributed by atoms with E-state index in [0.29, 0.717) is 11.2 Å². The third-order valence-corrected chi connectivity index (χ3v) is 5.32. The van der Waals surface area contributed by atoms with Gasteiger partial charge in [-0.25, -0.2) is 4.98 Å². The Morgan fingerprint density at radius 2 is 1.63 bits per heavy atom. The van der Waals surface area contributed by atoms with Crippen LogP contribution < -0.4 is 4.72 Å². The summed E-state index contributed by atoms with van der Waals surface area (Å²) in [5.41, 5.74) is 1.22. The van der Waals surface area contributed by atoms with E-state index in [1.165, 1.54) is 0 Å². The van der Waals surface area contributed by atoms with Gasteiger partial charge in [-0.05, 0) is 24.3 Å². The molecule has 0 amide bonds. The second-order valence-corrected chi connectivity index (χ2v) is 6.81. The lowest BCUT2D eigenvalue weighted by Crippen LogP contribution is -2.12. The zero-order valence-electron chi connectivity index (χ0n) is 9.78. The van der Waals surface area contributed by atoms with Gasteiger partial charge in [0, 0.05) is 5.69 Å². The van der Waals surface area contributed by atoms with E-state index in [0.717, 1.165) is 16.0 Å². The van der Waals surface area contributed by atoms with E-state index in [1.54, 1.807) is 30.3 Å². The highest BCUT2D eigenvalue weighted by molar-refractivity contribution is 7.94. The molecular formula is C13H10N2O2S2. The first-order chi connectivity index (χ1) is 9.15. The molecule has 0 aliphatic carbocycles. The molecule has 0 saturated carbocycles. The predicted octanol–water partition coefficient (Wildman–Crippen LogP) is 3.10. The number of hydrogen-bond acceptors (Lipinski definition) is 4. The molecule has 0 aliphatic rings. The number of rotatable bonds is 3. The quantitative estimate of drug-likeness (QED) is 0.806. The van der Waals surface area contributed by atoms with Gasteiger partial charge in [0.05, 0.1) is 10.2 Å². The molecule has 0 saturated heterocycles. The topological polar surface area (TPSA) is 59.1 Å². The largest absolute Gasteiger partial charge is 0.289 e. The molecule has 3 aromatic rings. The van der Waals surface area contributed by atoms with Crippen molar-refractivity contribution in [2.24, 2.45) is 0 Å². The van der Waals surface area contributed by atoms with Gasteiger partial charge in [0.25, 0.3) is 10.0 Å². The Hall–Kier alpha value is -1.92. The number of thiazole rings is 1. The molecule has 0 spiro atoms. The SMILES string of the molecule is O=S(=O)(Nc1ccccc1)c1nc2ccccc2s1. The molecule has 0 radical (unpaired) electrons. The Morgan fingerprint density at radius 1 is 0.947 bits per heavy atom. The van der Waals surface area contributed by atoms with E-state index < -0.39 is 10.0 Å². The highest BCUT2D eigenvalue weighted by atomic mass is 32.2. The number of nitrogens with one attached hydrogen (secondary N) is 1. The highest BCUT2D eigenvalue weighted by Gasteiger charge is 2.19. The Morgan fingerprint density at radius 3 is 2.37 bits per heavy atom. The van der Waals surface area contributed by atoms with Crippen molar-refractivity contribution >= 4 is 37.3 Å². The summed E-state index contributed by atoms with van der Waals surface area (Å²) in [6.45, 7) is 0. The van der Waals surface area contributed by atoms with Crippen molar-refractivity contribution in [1.29, 1.82) is 0 Å². The molecule has 1 aromatic heterocycles. The Bertz CT molecular complexity index is 778. The summed E-state index contributed by atoms with van der Waals surface area (Å²) >= 11 is 1.16. The van der Waals surface area contributed by atoms with Crippen molar-refractivity contribution in [1.82, 2.24) is 4.98 Å².